The zero-order valence-corrected chi connectivity index (χ0v) is 13.8. The molecule has 0 bridgehead atoms. The molecule has 23 heavy (non-hydrogen) atoms. The number of allylic oxidation sites excluding steroid dienone is 2. The number of carboxylic acids is 1. The number of hydrogen-bond donors (Lipinski definition) is 2. The second kappa shape index (κ2) is 7.13. The van der Waals surface area contributed by atoms with Gasteiger partial charge >= 0.3 is 5.97 Å². The Bertz CT molecular complexity index is 652. The molecule has 1 aliphatic carbocycles. The van der Waals surface area contributed by atoms with Crippen molar-refractivity contribution in [2.75, 3.05) is 0 Å². The van der Waals surface area contributed by atoms with E-state index in [0.29, 0.717) is 12.8 Å². The quantitative estimate of drug-likeness (QED) is 0.824. The van der Waals surface area contributed by atoms with Crippen molar-refractivity contribution in [2.24, 2.45) is 11.8 Å². The lowest BCUT2D eigenvalue weighted by Crippen LogP contribution is -2.40. The second-order valence-electron chi connectivity index (χ2n) is 5.94. The number of benzene rings is 1. The van der Waals surface area contributed by atoms with Crippen molar-refractivity contribution < 1.29 is 19.1 Å². The highest BCUT2D eigenvalue weighted by Crippen LogP contribution is 2.34. The van der Waals surface area contributed by atoms with Gasteiger partial charge in [-0.15, -0.1) is 0 Å². The molecule has 0 unspecified atom stereocenters. The van der Waals surface area contributed by atoms with Crippen molar-refractivity contribution in [2.45, 2.75) is 33.2 Å². The number of rotatable bonds is 4. The van der Waals surface area contributed by atoms with Gasteiger partial charge in [0.1, 0.15) is 5.82 Å². The molecule has 4 nitrogen and oxygen atoms in total. The number of halogens is 2. The average molecular weight is 340 g/mol. The van der Waals surface area contributed by atoms with Crippen LogP contribution < -0.4 is 5.32 Å². The number of carboxylic acid groups (broad SMARTS) is 1. The molecule has 1 amide bonds. The molecule has 2 rings (SSSR count). The van der Waals surface area contributed by atoms with Crippen molar-refractivity contribution in [3.8, 4) is 0 Å². The Labute approximate surface area is 139 Å². The zero-order valence-electron chi connectivity index (χ0n) is 13.0. The lowest BCUT2D eigenvalue weighted by molar-refractivity contribution is -0.147. The molecule has 0 spiro atoms. The summed E-state index contributed by atoms with van der Waals surface area (Å²) in [6.45, 7) is 3.73. The van der Waals surface area contributed by atoms with Crippen LogP contribution in [0.3, 0.4) is 0 Å². The molecule has 0 heterocycles. The number of hydrogen-bond acceptors (Lipinski definition) is 2. The standard InChI is InChI=1S/C17H19ClFNO3/c1-9-6-11(12(17(22)23)7-10(9)2)16(21)20-8-13-14(18)4-3-5-15(13)19/h3-5,11-12H,6-8H2,1-2H3,(H,20,21)(H,22,23)/t11-,12+/m0/s1. The van der Waals surface area contributed by atoms with Crippen LogP contribution in [0.15, 0.2) is 29.3 Å². The minimum absolute atomic E-state index is 0.0606. The van der Waals surface area contributed by atoms with Crippen LogP contribution in [0.4, 0.5) is 4.39 Å². The largest absolute Gasteiger partial charge is 0.481 e. The van der Waals surface area contributed by atoms with Gasteiger partial charge in [0.05, 0.1) is 11.8 Å². The molecule has 0 saturated carbocycles. The second-order valence-corrected chi connectivity index (χ2v) is 6.35. The highest BCUT2D eigenvalue weighted by atomic mass is 35.5. The van der Waals surface area contributed by atoms with Gasteiger partial charge in [0, 0.05) is 17.1 Å². The molecule has 1 aromatic rings. The highest BCUT2D eigenvalue weighted by molar-refractivity contribution is 6.31. The predicted octanol–water partition coefficient (Wildman–Crippen LogP) is 3.54. The fraction of sp³-hybridized carbons (Fsp3) is 0.412. The fourth-order valence-electron chi connectivity index (χ4n) is 2.84. The van der Waals surface area contributed by atoms with Crippen molar-refractivity contribution in [1.82, 2.24) is 5.32 Å². The third-order valence-electron chi connectivity index (χ3n) is 4.42. The van der Waals surface area contributed by atoms with Crippen molar-refractivity contribution in [3.63, 3.8) is 0 Å². The van der Waals surface area contributed by atoms with Crippen molar-refractivity contribution in [3.05, 3.63) is 45.7 Å². The Morgan fingerprint density at radius 1 is 1.26 bits per heavy atom. The lowest BCUT2D eigenvalue weighted by Gasteiger charge is -2.29. The van der Waals surface area contributed by atoms with Gasteiger partial charge in [0.15, 0.2) is 0 Å². The summed E-state index contributed by atoms with van der Waals surface area (Å²) >= 11 is 5.93. The Balaban J connectivity index is 2.12. The maximum absolute atomic E-state index is 13.7. The lowest BCUT2D eigenvalue weighted by atomic mass is 9.76. The van der Waals surface area contributed by atoms with E-state index in [1.807, 2.05) is 13.8 Å². The summed E-state index contributed by atoms with van der Waals surface area (Å²) in [5, 5.41) is 12.2. The molecular weight excluding hydrogens is 321 g/mol. The van der Waals surface area contributed by atoms with Crippen LogP contribution in [0.2, 0.25) is 5.02 Å². The smallest absolute Gasteiger partial charge is 0.307 e. The summed E-state index contributed by atoms with van der Waals surface area (Å²) in [6.07, 6.45) is 0.763. The van der Waals surface area contributed by atoms with Gasteiger partial charge in [-0.2, -0.15) is 0 Å². The molecular formula is C17H19ClFNO3. The van der Waals surface area contributed by atoms with Gasteiger partial charge in [0.25, 0.3) is 0 Å². The van der Waals surface area contributed by atoms with E-state index in [9.17, 15) is 19.1 Å². The molecule has 1 aliphatic rings. The first-order valence-electron chi connectivity index (χ1n) is 7.40. The molecule has 124 valence electrons. The molecule has 2 N–H and O–H groups in total. The van der Waals surface area contributed by atoms with Crippen molar-refractivity contribution in [1.29, 1.82) is 0 Å². The van der Waals surface area contributed by atoms with E-state index in [2.05, 4.69) is 5.32 Å². The first kappa shape index (κ1) is 17.5. The van der Waals surface area contributed by atoms with E-state index in [-0.39, 0.29) is 23.0 Å². The van der Waals surface area contributed by atoms with Crippen LogP contribution in [0, 0.1) is 17.7 Å². The van der Waals surface area contributed by atoms with Gasteiger partial charge in [-0.3, -0.25) is 9.59 Å². The number of carbonyl (C=O) groups is 2. The molecule has 0 aromatic heterocycles. The van der Waals surface area contributed by atoms with Gasteiger partial charge in [-0.25, -0.2) is 4.39 Å². The van der Waals surface area contributed by atoms with Crippen LogP contribution >= 0.6 is 11.6 Å². The zero-order chi connectivity index (χ0) is 17.1. The Morgan fingerprint density at radius 2 is 1.87 bits per heavy atom. The fourth-order valence-corrected chi connectivity index (χ4v) is 3.07. The minimum atomic E-state index is -0.985. The SMILES string of the molecule is CC1=C(C)C[C@@H](C(=O)O)[C@@H](C(=O)NCc2c(F)cccc2Cl)C1. The highest BCUT2D eigenvalue weighted by Gasteiger charge is 2.37. The molecule has 0 aliphatic heterocycles. The molecule has 0 saturated heterocycles. The molecule has 6 heteroatoms. The summed E-state index contributed by atoms with van der Waals surface area (Å²) in [5.41, 5.74) is 2.25. The number of amides is 1. The van der Waals surface area contributed by atoms with Crippen LogP contribution in [-0.2, 0) is 16.1 Å². The van der Waals surface area contributed by atoms with E-state index >= 15 is 0 Å². The third kappa shape index (κ3) is 3.91. The Morgan fingerprint density at radius 3 is 2.43 bits per heavy atom. The maximum atomic E-state index is 13.7. The maximum Gasteiger partial charge on any atom is 0.307 e. The Hall–Kier alpha value is -1.88. The summed E-state index contributed by atoms with van der Waals surface area (Å²) in [5.74, 6) is -3.27. The molecule has 2 atom stereocenters. The number of carbonyl (C=O) groups excluding carboxylic acids is 1. The van der Waals surface area contributed by atoms with Crippen LogP contribution in [0.5, 0.6) is 0 Å². The summed E-state index contributed by atoms with van der Waals surface area (Å²) in [7, 11) is 0. The van der Waals surface area contributed by atoms with Gasteiger partial charge in [-0.05, 0) is 38.8 Å². The van der Waals surface area contributed by atoms with Gasteiger partial charge in [0.2, 0.25) is 5.91 Å². The topological polar surface area (TPSA) is 66.4 Å². The Kier molecular flexibility index (Phi) is 5.42. The van der Waals surface area contributed by atoms with Crippen molar-refractivity contribution >= 4 is 23.5 Å². The number of nitrogens with one attached hydrogen (secondary N) is 1. The van der Waals surface area contributed by atoms with E-state index in [1.165, 1.54) is 12.1 Å². The summed E-state index contributed by atoms with van der Waals surface area (Å²) < 4.78 is 13.7. The van der Waals surface area contributed by atoms with Crippen LogP contribution in [-0.4, -0.2) is 17.0 Å². The first-order valence-corrected chi connectivity index (χ1v) is 7.77. The molecule has 0 radical (unpaired) electrons. The van der Waals surface area contributed by atoms with Crippen LogP contribution in [0.1, 0.15) is 32.3 Å². The predicted molar refractivity (Wildman–Crippen MR) is 85.5 cm³/mol. The minimum Gasteiger partial charge on any atom is -0.481 e. The summed E-state index contributed by atoms with van der Waals surface area (Å²) in [6, 6.07) is 4.30. The third-order valence-corrected chi connectivity index (χ3v) is 4.78. The number of aliphatic carboxylic acids is 1. The molecule has 1 aromatic carbocycles. The monoisotopic (exact) mass is 339 g/mol. The van der Waals surface area contributed by atoms with Gasteiger partial charge in [-0.1, -0.05) is 28.8 Å². The average Bonchev–Trinajstić information content (AvgIpc) is 2.48. The van der Waals surface area contributed by atoms with E-state index in [1.54, 1.807) is 6.07 Å². The van der Waals surface area contributed by atoms with Crippen LogP contribution in [0.25, 0.3) is 0 Å². The first-order chi connectivity index (χ1) is 10.8. The molecule has 0 fully saturated rings. The summed E-state index contributed by atoms with van der Waals surface area (Å²) in [4.78, 5) is 23.8. The normalized spacial score (nSPS) is 21.2. The van der Waals surface area contributed by atoms with E-state index in [4.69, 9.17) is 11.6 Å². The van der Waals surface area contributed by atoms with E-state index in [0.717, 1.165) is 11.1 Å². The van der Waals surface area contributed by atoms with Gasteiger partial charge < -0.3 is 10.4 Å². The van der Waals surface area contributed by atoms with E-state index < -0.39 is 23.6 Å².